The largest absolute Gasteiger partial charge is 0.460 e. The zero-order valence-electron chi connectivity index (χ0n) is 11.9. The minimum atomic E-state index is -0.557. The molecule has 0 saturated heterocycles. The summed E-state index contributed by atoms with van der Waals surface area (Å²) in [5.41, 5.74) is 6.59. The number of nitrogens with two attached hydrogens (primary N) is 1. The Kier molecular flexibility index (Phi) is 6.27. The van der Waals surface area contributed by atoms with Gasteiger partial charge in [0.05, 0.1) is 0 Å². The van der Waals surface area contributed by atoms with Crippen molar-refractivity contribution in [1.82, 2.24) is 4.98 Å². The van der Waals surface area contributed by atoms with E-state index in [4.69, 9.17) is 33.7 Å². The smallest absolute Gasteiger partial charge is 0.323 e. The molecule has 1 heterocycles. The first-order valence-electron chi connectivity index (χ1n) is 7.29. The predicted molar refractivity (Wildman–Crippen MR) is 83.2 cm³/mol. The number of esters is 1. The minimum Gasteiger partial charge on any atom is -0.460 e. The molecule has 1 aliphatic carbocycles. The number of hydrogen-bond donors (Lipinski definition) is 1. The van der Waals surface area contributed by atoms with E-state index in [1.807, 2.05) is 0 Å². The predicted octanol–water partition coefficient (Wildman–Crippen LogP) is 3.73. The highest BCUT2D eigenvalue weighted by Gasteiger charge is 2.20. The average molecular weight is 331 g/mol. The number of carbonyl (C=O) groups excluding carboxylic acids is 1. The number of hydrogen-bond acceptors (Lipinski definition) is 4. The Bertz CT molecular complexity index is 470. The molecule has 0 bridgehead atoms. The highest BCUT2D eigenvalue weighted by atomic mass is 35.5. The minimum absolute atomic E-state index is 0.109. The number of carbonyl (C=O) groups is 1. The lowest BCUT2D eigenvalue weighted by Crippen LogP contribution is -2.32. The number of aromatic nitrogens is 1. The number of rotatable bonds is 6. The highest BCUT2D eigenvalue weighted by molar-refractivity contribution is 6.32. The van der Waals surface area contributed by atoms with Gasteiger partial charge in [0.1, 0.15) is 23.0 Å². The molecule has 0 radical (unpaired) electrons. The molecule has 1 fully saturated rings. The molecule has 6 heteroatoms. The molecule has 0 aliphatic heterocycles. The Morgan fingerprint density at radius 2 is 1.95 bits per heavy atom. The lowest BCUT2D eigenvalue weighted by atomic mass is 9.99. The topological polar surface area (TPSA) is 65.2 Å². The molecule has 21 heavy (non-hydrogen) atoms. The van der Waals surface area contributed by atoms with Gasteiger partial charge < -0.3 is 10.5 Å². The van der Waals surface area contributed by atoms with E-state index in [1.54, 1.807) is 12.1 Å². The van der Waals surface area contributed by atoms with Crippen molar-refractivity contribution in [2.75, 3.05) is 0 Å². The summed E-state index contributed by atoms with van der Waals surface area (Å²) in [6.45, 7) is 0.109. The first-order chi connectivity index (χ1) is 10.0. The van der Waals surface area contributed by atoms with Crippen LogP contribution in [-0.2, 0) is 16.1 Å². The molecule has 116 valence electrons. The first-order valence-corrected chi connectivity index (χ1v) is 8.04. The van der Waals surface area contributed by atoms with Crippen molar-refractivity contribution in [3.63, 3.8) is 0 Å². The van der Waals surface area contributed by atoms with E-state index in [0.717, 1.165) is 12.3 Å². The number of pyridine rings is 1. The Morgan fingerprint density at radius 1 is 1.33 bits per heavy atom. The highest BCUT2D eigenvalue weighted by Crippen LogP contribution is 2.28. The van der Waals surface area contributed by atoms with Crippen LogP contribution >= 0.6 is 23.2 Å². The second-order valence-electron chi connectivity index (χ2n) is 5.56. The Morgan fingerprint density at radius 3 is 2.57 bits per heavy atom. The Balaban J connectivity index is 1.74. The fourth-order valence-electron chi connectivity index (χ4n) is 2.69. The molecule has 1 atom stereocenters. The monoisotopic (exact) mass is 330 g/mol. The summed E-state index contributed by atoms with van der Waals surface area (Å²) in [7, 11) is 0. The van der Waals surface area contributed by atoms with E-state index in [0.29, 0.717) is 12.0 Å². The second-order valence-corrected chi connectivity index (χ2v) is 6.34. The van der Waals surface area contributed by atoms with Crippen LogP contribution in [0.4, 0.5) is 0 Å². The van der Waals surface area contributed by atoms with Crippen LogP contribution in [0.2, 0.25) is 10.3 Å². The molecule has 2 N–H and O–H groups in total. The van der Waals surface area contributed by atoms with Gasteiger partial charge in [0, 0.05) is 0 Å². The van der Waals surface area contributed by atoms with Crippen molar-refractivity contribution in [1.29, 1.82) is 0 Å². The van der Waals surface area contributed by atoms with E-state index in [1.165, 1.54) is 25.7 Å². The fraction of sp³-hybridized carbons (Fsp3) is 0.600. The fourth-order valence-corrected chi connectivity index (χ4v) is 3.20. The van der Waals surface area contributed by atoms with Crippen LogP contribution in [0, 0.1) is 5.92 Å². The lowest BCUT2D eigenvalue weighted by Gasteiger charge is -2.14. The maximum Gasteiger partial charge on any atom is 0.323 e. The number of halogens is 2. The van der Waals surface area contributed by atoms with Crippen molar-refractivity contribution in [2.24, 2.45) is 11.7 Å². The average Bonchev–Trinajstić information content (AvgIpc) is 2.94. The third-order valence-electron chi connectivity index (χ3n) is 3.87. The Labute approximate surface area is 135 Å². The molecular weight excluding hydrogens is 311 g/mol. The SMILES string of the molecule is N[C@@H](CCC1CCCC1)C(=O)OCc1cc(Cl)nc(Cl)c1. The molecule has 0 amide bonds. The van der Waals surface area contributed by atoms with Gasteiger partial charge in [-0.25, -0.2) is 4.98 Å². The lowest BCUT2D eigenvalue weighted by molar-refractivity contribution is -0.146. The van der Waals surface area contributed by atoms with Gasteiger partial charge in [0.2, 0.25) is 0 Å². The van der Waals surface area contributed by atoms with Gasteiger partial charge in [-0.1, -0.05) is 48.9 Å². The maximum atomic E-state index is 11.9. The van der Waals surface area contributed by atoms with Crippen molar-refractivity contribution < 1.29 is 9.53 Å². The van der Waals surface area contributed by atoms with Crippen LogP contribution in [-0.4, -0.2) is 17.0 Å². The second kappa shape index (κ2) is 7.97. The van der Waals surface area contributed by atoms with Gasteiger partial charge >= 0.3 is 5.97 Å². The van der Waals surface area contributed by atoms with E-state index in [2.05, 4.69) is 4.98 Å². The van der Waals surface area contributed by atoms with Gasteiger partial charge in [0.25, 0.3) is 0 Å². The van der Waals surface area contributed by atoms with Gasteiger partial charge in [-0.3, -0.25) is 4.79 Å². The van der Waals surface area contributed by atoms with Crippen molar-refractivity contribution in [3.05, 3.63) is 28.0 Å². The van der Waals surface area contributed by atoms with Crippen molar-refractivity contribution in [3.8, 4) is 0 Å². The zero-order chi connectivity index (χ0) is 15.2. The molecule has 4 nitrogen and oxygen atoms in total. The van der Waals surface area contributed by atoms with Gasteiger partial charge in [-0.2, -0.15) is 0 Å². The van der Waals surface area contributed by atoms with Crippen molar-refractivity contribution in [2.45, 2.75) is 51.2 Å². The quantitative estimate of drug-likeness (QED) is 0.637. The standard InChI is InChI=1S/C15H20Cl2N2O2/c16-13-7-11(8-14(17)19-13)9-21-15(20)12(18)6-5-10-3-1-2-4-10/h7-8,10,12H,1-6,9,18H2/t12-/m0/s1. The van der Waals surface area contributed by atoms with Crippen LogP contribution < -0.4 is 5.73 Å². The van der Waals surface area contributed by atoms with E-state index >= 15 is 0 Å². The summed E-state index contributed by atoms with van der Waals surface area (Å²) >= 11 is 11.6. The van der Waals surface area contributed by atoms with Crippen LogP contribution in [0.25, 0.3) is 0 Å². The summed E-state index contributed by atoms with van der Waals surface area (Å²) < 4.78 is 5.21. The molecule has 1 aromatic rings. The first kappa shape index (κ1) is 16.5. The van der Waals surface area contributed by atoms with E-state index in [-0.39, 0.29) is 22.9 Å². The zero-order valence-corrected chi connectivity index (χ0v) is 13.4. The Hall–Kier alpha value is -0.840. The van der Waals surface area contributed by atoms with Crippen LogP contribution in [0.1, 0.15) is 44.1 Å². The van der Waals surface area contributed by atoms with Crippen LogP contribution in [0.15, 0.2) is 12.1 Å². The summed E-state index contributed by atoms with van der Waals surface area (Å²) in [5.74, 6) is 0.346. The van der Waals surface area contributed by atoms with Crippen LogP contribution in [0.5, 0.6) is 0 Å². The molecule has 1 saturated carbocycles. The summed E-state index contributed by atoms with van der Waals surface area (Å²) in [4.78, 5) is 15.7. The molecule has 2 rings (SSSR count). The number of ether oxygens (including phenoxy) is 1. The van der Waals surface area contributed by atoms with E-state index in [9.17, 15) is 4.79 Å². The normalized spacial score (nSPS) is 16.9. The van der Waals surface area contributed by atoms with E-state index < -0.39 is 6.04 Å². The third kappa shape index (κ3) is 5.46. The maximum absolute atomic E-state index is 11.9. The van der Waals surface area contributed by atoms with Gasteiger partial charge in [-0.05, 0) is 36.5 Å². The van der Waals surface area contributed by atoms with Crippen LogP contribution in [0.3, 0.4) is 0 Å². The molecular formula is C15H20Cl2N2O2. The van der Waals surface area contributed by atoms with Crippen molar-refractivity contribution >= 4 is 29.2 Å². The van der Waals surface area contributed by atoms with Gasteiger partial charge in [0.15, 0.2) is 0 Å². The molecule has 0 unspecified atom stereocenters. The summed E-state index contributed by atoms with van der Waals surface area (Å²) in [6, 6.07) is 2.67. The molecule has 1 aliphatic rings. The molecule has 0 spiro atoms. The number of nitrogens with zero attached hydrogens (tertiary/aromatic N) is 1. The summed E-state index contributed by atoms with van der Waals surface area (Å²) in [6.07, 6.45) is 6.80. The molecule has 1 aromatic heterocycles. The van der Waals surface area contributed by atoms with Gasteiger partial charge in [-0.15, -0.1) is 0 Å². The molecule has 0 aromatic carbocycles. The summed E-state index contributed by atoms with van der Waals surface area (Å²) in [5, 5.41) is 0.554. The third-order valence-corrected chi connectivity index (χ3v) is 4.25.